The van der Waals surface area contributed by atoms with E-state index in [1.54, 1.807) is 6.07 Å². The molecule has 0 radical (unpaired) electrons. The number of aliphatic hydroxyl groups is 1. The maximum absolute atomic E-state index is 12.8. The Balaban J connectivity index is 0.00000300. The molecule has 2 aromatic rings. The highest BCUT2D eigenvalue weighted by atomic mass is 35.5. The number of hydrogen-bond acceptors (Lipinski definition) is 6. The number of H-pyrrole nitrogens is 1. The largest absolute Gasteiger partial charge is 0.474 e. The molecule has 1 fully saturated rings. The van der Waals surface area contributed by atoms with E-state index >= 15 is 0 Å². The smallest absolute Gasteiger partial charge is 0.256 e. The summed E-state index contributed by atoms with van der Waals surface area (Å²) in [6.45, 7) is 4.13. The number of aliphatic hydroxyl groups excluding tert-OH is 1. The first-order valence-corrected chi connectivity index (χ1v) is 10.5. The van der Waals surface area contributed by atoms with Crippen LogP contribution >= 0.6 is 12.4 Å². The molecule has 0 spiro atoms. The van der Waals surface area contributed by atoms with Crippen LogP contribution in [0, 0.1) is 0 Å². The lowest BCUT2D eigenvalue weighted by atomic mass is 10.1. The zero-order valence-electron chi connectivity index (χ0n) is 16.2. The summed E-state index contributed by atoms with van der Waals surface area (Å²) < 4.78 is 32.3. The van der Waals surface area contributed by atoms with Crippen LogP contribution in [0.2, 0.25) is 0 Å². The molecule has 1 unspecified atom stereocenters. The molecule has 0 saturated carbocycles. The van der Waals surface area contributed by atoms with Gasteiger partial charge in [0.1, 0.15) is 5.82 Å². The zero-order chi connectivity index (χ0) is 20.3. The summed E-state index contributed by atoms with van der Waals surface area (Å²) in [4.78, 5) is 12.5. The Morgan fingerprint density at radius 1 is 1.38 bits per heavy atom. The van der Waals surface area contributed by atoms with Crippen molar-refractivity contribution in [1.29, 1.82) is 0 Å². The van der Waals surface area contributed by atoms with Gasteiger partial charge in [-0.3, -0.25) is 9.89 Å². The number of carbonyl (C=O) groups is 1. The molecular formula is C18H25ClN4O5S. The number of ether oxygens (including phenoxy) is 1. The van der Waals surface area contributed by atoms with E-state index in [2.05, 4.69) is 15.5 Å². The van der Waals surface area contributed by atoms with E-state index in [0.29, 0.717) is 31.1 Å². The van der Waals surface area contributed by atoms with Crippen molar-refractivity contribution in [2.24, 2.45) is 0 Å². The van der Waals surface area contributed by atoms with E-state index in [9.17, 15) is 18.3 Å². The first kappa shape index (κ1) is 23.1. The van der Waals surface area contributed by atoms with E-state index < -0.39 is 22.0 Å². The molecule has 2 heterocycles. The minimum atomic E-state index is -3.78. The average Bonchev–Trinajstić information content (AvgIpc) is 3.08. The lowest BCUT2D eigenvalue weighted by molar-refractivity contribution is 0.102. The Bertz CT molecular complexity index is 947. The predicted octanol–water partition coefficient (Wildman–Crippen LogP) is 2.02. The van der Waals surface area contributed by atoms with Gasteiger partial charge < -0.3 is 15.2 Å². The first-order chi connectivity index (χ1) is 13.3. The molecule has 1 atom stereocenters. The number of benzene rings is 1. The van der Waals surface area contributed by atoms with E-state index in [-0.39, 0.29) is 35.5 Å². The Morgan fingerprint density at radius 3 is 2.83 bits per heavy atom. The Labute approximate surface area is 175 Å². The summed E-state index contributed by atoms with van der Waals surface area (Å²) in [7, 11) is -3.78. The summed E-state index contributed by atoms with van der Waals surface area (Å²) in [5.41, 5.74) is 0.194. The van der Waals surface area contributed by atoms with Crippen LogP contribution in [0.4, 0.5) is 5.82 Å². The molecule has 1 saturated heterocycles. The molecule has 0 bridgehead atoms. The number of sulfonamides is 1. The SMILES string of the molecule is CC(C)Oc1cc(NC(=O)c2cccc(S(=O)(=O)N3CCCC(O)C3)c2)[nH]n1.Cl. The molecule has 3 rings (SSSR count). The molecule has 1 amide bonds. The fourth-order valence-electron chi connectivity index (χ4n) is 2.95. The lowest BCUT2D eigenvalue weighted by Crippen LogP contribution is -2.42. The second-order valence-electron chi connectivity index (χ2n) is 6.93. The number of nitrogens with one attached hydrogen (secondary N) is 2. The number of β-amino-alcohol motifs (C(OH)–C–C–N with tert-alkyl or cyclic N) is 1. The number of anilines is 1. The molecule has 1 aromatic carbocycles. The zero-order valence-corrected chi connectivity index (χ0v) is 17.8. The third kappa shape index (κ3) is 5.69. The summed E-state index contributed by atoms with van der Waals surface area (Å²) in [6.07, 6.45) is 0.460. The van der Waals surface area contributed by atoms with Gasteiger partial charge in [0.15, 0.2) is 0 Å². The lowest BCUT2D eigenvalue weighted by Gasteiger charge is -2.29. The van der Waals surface area contributed by atoms with Crippen LogP contribution in [0.5, 0.6) is 5.88 Å². The molecule has 3 N–H and O–H groups in total. The number of nitrogens with zero attached hydrogens (tertiary/aromatic N) is 2. The van der Waals surface area contributed by atoms with Crippen molar-refractivity contribution in [3.8, 4) is 5.88 Å². The summed E-state index contributed by atoms with van der Waals surface area (Å²) >= 11 is 0. The fraction of sp³-hybridized carbons (Fsp3) is 0.444. The molecule has 1 aliphatic heterocycles. The monoisotopic (exact) mass is 444 g/mol. The molecule has 29 heavy (non-hydrogen) atoms. The number of hydrogen-bond donors (Lipinski definition) is 3. The van der Waals surface area contributed by atoms with Gasteiger partial charge in [0.2, 0.25) is 15.9 Å². The van der Waals surface area contributed by atoms with Crippen molar-refractivity contribution in [2.45, 2.75) is 43.8 Å². The standard InChI is InChI=1S/C18H24N4O5S.ClH/c1-12(2)27-17-10-16(20-21-17)19-18(24)13-5-3-7-15(9-13)28(25,26)22-8-4-6-14(23)11-22;/h3,5,7,9-10,12,14,23H,4,6,8,11H2,1-2H3,(H2,19,20,21,24);1H. The van der Waals surface area contributed by atoms with E-state index in [1.165, 1.54) is 28.6 Å². The van der Waals surface area contributed by atoms with Gasteiger partial charge in [-0.15, -0.1) is 17.5 Å². The number of carbonyl (C=O) groups excluding carboxylic acids is 1. The van der Waals surface area contributed by atoms with Gasteiger partial charge in [-0.25, -0.2) is 8.42 Å². The molecule has 9 nitrogen and oxygen atoms in total. The van der Waals surface area contributed by atoms with Gasteiger partial charge in [0, 0.05) is 24.7 Å². The summed E-state index contributed by atoms with van der Waals surface area (Å²) in [5.74, 6) is 0.217. The quantitative estimate of drug-likeness (QED) is 0.626. The summed E-state index contributed by atoms with van der Waals surface area (Å²) in [5, 5.41) is 19.0. The van der Waals surface area contributed by atoms with Crippen LogP contribution in [-0.2, 0) is 10.0 Å². The van der Waals surface area contributed by atoms with Gasteiger partial charge in [-0.1, -0.05) is 6.07 Å². The minimum Gasteiger partial charge on any atom is -0.474 e. The van der Waals surface area contributed by atoms with Crippen LogP contribution in [-0.4, -0.2) is 59.2 Å². The fourth-order valence-corrected chi connectivity index (χ4v) is 4.51. The van der Waals surface area contributed by atoms with E-state index in [4.69, 9.17) is 4.74 Å². The first-order valence-electron chi connectivity index (χ1n) is 9.07. The van der Waals surface area contributed by atoms with Gasteiger partial charge >= 0.3 is 0 Å². The molecule has 11 heteroatoms. The average molecular weight is 445 g/mol. The van der Waals surface area contributed by atoms with Crippen LogP contribution in [0.15, 0.2) is 35.2 Å². The van der Waals surface area contributed by atoms with Gasteiger partial charge in [0.25, 0.3) is 5.91 Å². The second kappa shape index (κ2) is 9.57. The number of halogens is 1. The minimum absolute atomic E-state index is 0. The van der Waals surface area contributed by atoms with Crippen LogP contribution < -0.4 is 10.1 Å². The number of aromatic amines is 1. The predicted molar refractivity (Wildman–Crippen MR) is 110 cm³/mol. The number of amides is 1. The van der Waals surface area contributed by atoms with Crippen molar-refractivity contribution >= 4 is 34.2 Å². The van der Waals surface area contributed by atoms with Gasteiger partial charge in [-0.05, 0) is 44.9 Å². The number of piperidine rings is 1. The van der Waals surface area contributed by atoms with Crippen molar-refractivity contribution in [3.05, 3.63) is 35.9 Å². The summed E-state index contributed by atoms with van der Waals surface area (Å²) in [6, 6.07) is 7.36. The van der Waals surface area contributed by atoms with E-state index in [1.807, 2.05) is 13.8 Å². The third-order valence-electron chi connectivity index (χ3n) is 4.25. The van der Waals surface area contributed by atoms with Crippen molar-refractivity contribution in [2.75, 3.05) is 18.4 Å². The highest BCUT2D eigenvalue weighted by Gasteiger charge is 2.29. The van der Waals surface area contributed by atoms with Gasteiger partial charge in [0.05, 0.1) is 17.1 Å². The maximum atomic E-state index is 12.8. The highest BCUT2D eigenvalue weighted by Crippen LogP contribution is 2.22. The highest BCUT2D eigenvalue weighted by molar-refractivity contribution is 7.89. The van der Waals surface area contributed by atoms with Gasteiger partial charge in [-0.2, -0.15) is 4.31 Å². The topological polar surface area (TPSA) is 125 Å². The number of rotatable bonds is 6. The second-order valence-corrected chi connectivity index (χ2v) is 8.87. The van der Waals surface area contributed by atoms with Crippen molar-refractivity contribution < 1.29 is 23.1 Å². The molecule has 160 valence electrons. The van der Waals surface area contributed by atoms with Crippen molar-refractivity contribution in [3.63, 3.8) is 0 Å². The number of aromatic nitrogens is 2. The molecule has 1 aliphatic rings. The molecule has 0 aliphatic carbocycles. The Morgan fingerprint density at radius 2 is 2.14 bits per heavy atom. The Kier molecular flexibility index (Phi) is 7.64. The Hall–Kier alpha value is -2.14. The van der Waals surface area contributed by atoms with Crippen LogP contribution in [0.1, 0.15) is 37.0 Å². The van der Waals surface area contributed by atoms with E-state index in [0.717, 1.165) is 0 Å². The third-order valence-corrected chi connectivity index (χ3v) is 6.11. The normalized spacial score (nSPS) is 17.6. The molecular weight excluding hydrogens is 420 g/mol. The van der Waals surface area contributed by atoms with Crippen molar-refractivity contribution in [1.82, 2.24) is 14.5 Å². The molecule has 1 aromatic heterocycles. The van der Waals surface area contributed by atoms with Crippen LogP contribution in [0.3, 0.4) is 0 Å². The maximum Gasteiger partial charge on any atom is 0.256 e. The van der Waals surface area contributed by atoms with Crippen LogP contribution in [0.25, 0.3) is 0 Å².